The number of hydrogen-bond donors (Lipinski definition) is 3. The van der Waals surface area contributed by atoms with Crippen molar-refractivity contribution >= 4 is 28.3 Å². The van der Waals surface area contributed by atoms with Crippen molar-refractivity contribution in [2.24, 2.45) is 5.41 Å². The summed E-state index contributed by atoms with van der Waals surface area (Å²) in [5.74, 6) is 1.16. The van der Waals surface area contributed by atoms with Gasteiger partial charge in [-0.15, -0.1) is 0 Å². The summed E-state index contributed by atoms with van der Waals surface area (Å²) in [5, 5.41) is 20.3. The summed E-state index contributed by atoms with van der Waals surface area (Å²) in [6.07, 6.45) is 5.36. The smallest absolute Gasteiger partial charge is 0.270 e. The molecule has 0 saturated carbocycles. The molecular weight excluding hydrogens is 452 g/mol. The van der Waals surface area contributed by atoms with E-state index in [1.165, 1.54) is 0 Å². The highest BCUT2D eigenvalue weighted by molar-refractivity contribution is 5.99. The molecule has 1 aliphatic rings. The van der Waals surface area contributed by atoms with Gasteiger partial charge in [0.15, 0.2) is 5.82 Å². The first-order valence-corrected chi connectivity index (χ1v) is 11.5. The van der Waals surface area contributed by atoms with Gasteiger partial charge in [0.05, 0.1) is 17.7 Å². The number of carbonyl (C=O) groups excluding carboxylic acids is 1. The number of fused-ring (bicyclic) bond motifs is 1. The van der Waals surface area contributed by atoms with Crippen molar-refractivity contribution in [2.45, 2.75) is 6.92 Å². The molecule has 0 bridgehead atoms. The van der Waals surface area contributed by atoms with Crippen LogP contribution in [-0.4, -0.2) is 49.0 Å². The van der Waals surface area contributed by atoms with Gasteiger partial charge in [-0.1, -0.05) is 24.3 Å². The number of nitriles is 1. The molecule has 3 aromatic heterocycles. The van der Waals surface area contributed by atoms with Crippen molar-refractivity contribution in [3.8, 4) is 28.6 Å². The molecule has 0 unspecified atom stereocenters. The SMILES string of the molecule is CC1(C#N)CN(C(=O)c2cc3ccc(-c4nccc(Nc5ccc(-c6cn[nH]c6)cc5)n4)cc3[nH]2)C1. The molecule has 9 nitrogen and oxygen atoms in total. The minimum Gasteiger partial charge on any atom is -0.351 e. The van der Waals surface area contributed by atoms with Gasteiger partial charge in [0, 0.05) is 53.2 Å². The predicted octanol–water partition coefficient (Wildman–Crippen LogP) is 4.74. The molecule has 4 heterocycles. The number of anilines is 2. The van der Waals surface area contributed by atoms with Crippen LogP contribution in [0, 0.1) is 16.7 Å². The van der Waals surface area contributed by atoms with Gasteiger partial charge < -0.3 is 15.2 Å². The molecule has 0 aliphatic carbocycles. The molecule has 1 saturated heterocycles. The number of amides is 1. The number of carbonyl (C=O) groups is 1. The van der Waals surface area contributed by atoms with Gasteiger partial charge in [0.25, 0.3) is 5.91 Å². The number of aromatic amines is 2. The molecule has 0 atom stereocenters. The lowest BCUT2D eigenvalue weighted by Gasteiger charge is -2.43. The number of hydrogen-bond acceptors (Lipinski definition) is 6. The van der Waals surface area contributed by atoms with E-state index in [-0.39, 0.29) is 5.91 Å². The van der Waals surface area contributed by atoms with Crippen molar-refractivity contribution in [3.05, 3.63) is 78.9 Å². The molecule has 36 heavy (non-hydrogen) atoms. The molecule has 0 spiro atoms. The zero-order chi connectivity index (χ0) is 24.7. The van der Waals surface area contributed by atoms with Gasteiger partial charge in [0.2, 0.25) is 0 Å². The third-order valence-electron chi connectivity index (χ3n) is 6.39. The average Bonchev–Trinajstić information content (AvgIpc) is 3.57. The molecule has 5 aromatic rings. The van der Waals surface area contributed by atoms with Gasteiger partial charge in [-0.2, -0.15) is 10.4 Å². The minimum absolute atomic E-state index is 0.0956. The topological polar surface area (TPSA) is 126 Å². The van der Waals surface area contributed by atoms with E-state index in [0.29, 0.717) is 30.4 Å². The third-order valence-corrected chi connectivity index (χ3v) is 6.39. The molecule has 9 heteroatoms. The van der Waals surface area contributed by atoms with Crippen LogP contribution < -0.4 is 5.32 Å². The summed E-state index contributed by atoms with van der Waals surface area (Å²) in [5.41, 5.74) is 4.74. The third kappa shape index (κ3) is 3.95. The van der Waals surface area contributed by atoms with Gasteiger partial charge in [-0.05, 0) is 42.8 Å². The van der Waals surface area contributed by atoms with Crippen LogP contribution >= 0.6 is 0 Å². The van der Waals surface area contributed by atoms with Crippen molar-refractivity contribution in [3.63, 3.8) is 0 Å². The lowest BCUT2D eigenvalue weighted by atomic mass is 9.83. The average molecular weight is 475 g/mol. The zero-order valence-corrected chi connectivity index (χ0v) is 19.5. The van der Waals surface area contributed by atoms with Gasteiger partial charge >= 0.3 is 0 Å². The van der Waals surface area contributed by atoms with E-state index < -0.39 is 5.41 Å². The quantitative estimate of drug-likeness (QED) is 0.338. The number of likely N-dealkylation sites (tertiary alicyclic amines) is 1. The molecule has 1 aliphatic heterocycles. The summed E-state index contributed by atoms with van der Waals surface area (Å²) >= 11 is 0. The molecule has 1 fully saturated rings. The van der Waals surface area contributed by atoms with Crippen LogP contribution in [0.15, 0.2) is 73.2 Å². The number of H-pyrrole nitrogens is 2. The van der Waals surface area contributed by atoms with Crippen molar-refractivity contribution in [1.29, 1.82) is 5.26 Å². The van der Waals surface area contributed by atoms with E-state index in [2.05, 4.69) is 36.5 Å². The van der Waals surface area contributed by atoms with E-state index in [4.69, 9.17) is 0 Å². The zero-order valence-electron chi connectivity index (χ0n) is 19.5. The second-order valence-electron chi connectivity index (χ2n) is 9.27. The minimum atomic E-state index is -0.451. The van der Waals surface area contributed by atoms with E-state index in [9.17, 15) is 10.1 Å². The van der Waals surface area contributed by atoms with E-state index in [1.54, 1.807) is 17.3 Å². The molecule has 6 rings (SSSR count). The Morgan fingerprint density at radius 1 is 1.08 bits per heavy atom. The van der Waals surface area contributed by atoms with Crippen LogP contribution in [0.4, 0.5) is 11.5 Å². The number of nitrogens with one attached hydrogen (secondary N) is 3. The van der Waals surface area contributed by atoms with E-state index in [0.717, 1.165) is 33.3 Å². The number of benzene rings is 2. The molecule has 1 amide bonds. The largest absolute Gasteiger partial charge is 0.351 e. The van der Waals surface area contributed by atoms with Crippen LogP contribution in [0.1, 0.15) is 17.4 Å². The van der Waals surface area contributed by atoms with Crippen LogP contribution in [-0.2, 0) is 0 Å². The summed E-state index contributed by atoms with van der Waals surface area (Å²) in [6, 6.07) is 19.8. The first-order chi connectivity index (χ1) is 17.5. The number of rotatable bonds is 5. The number of nitrogens with zero attached hydrogens (tertiary/aromatic N) is 5. The fourth-order valence-corrected chi connectivity index (χ4v) is 4.43. The Kier molecular flexibility index (Phi) is 5.00. The van der Waals surface area contributed by atoms with Crippen molar-refractivity contribution < 1.29 is 4.79 Å². The first-order valence-electron chi connectivity index (χ1n) is 11.5. The van der Waals surface area contributed by atoms with Crippen molar-refractivity contribution in [2.75, 3.05) is 18.4 Å². The Morgan fingerprint density at radius 3 is 2.64 bits per heavy atom. The van der Waals surface area contributed by atoms with E-state index >= 15 is 0 Å². The summed E-state index contributed by atoms with van der Waals surface area (Å²) in [4.78, 5) is 26.8. The first kappa shape index (κ1) is 21.6. The van der Waals surface area contributed by atoms with Crippen molar-refractivity contribution in [1.82, 2.24) is 30.0 Å². The lowest BCUT2D eigenvalue weighted by molar-refractivity contribution is 0.0364. The normalized spacial score (nSPS) is 14.3. The Labute approximate surface area is 206 Å². The van der Waals surface area contributed by atoms with Gasteiger partial charge in [0.1, 0.15) is 11.5 Å². The van der Waals surface area contributed by atoms with Crippen LogP contribution in [0.5, 0.6) is 0 Å². The summed E-state index contributed by atoms with van der Waals surface area (Å²) in [7, 11) is 0. The molecular formula is C27H22N8O. The highest BCUT2D eigenvalue weighted by Crippen LogP contribution is 2.31. The van der Waals surface area contributed by atoms with Crippen LogP contribution in [0.2, 0.25) is 0 Å². The highest BCUT2D eigenvalue weighted by atomic mass is 16.2. The Hall–Kier alpha value is -4.97. The Morgan fingerprint density at radius 2 is 1.89 bits per heavy atom. The molecule has 0 radical (unpaired) electrons. The summed E-state index contributed by atoms with van der Waals surface area (Å²) < 4.78 is 0. The van der Waals surface area contributed by atoms with Crippen LogP contribution in [0.3, 0.4) is 0 Å². The summed E-state index contributed by atoms with van der Waals surface area (Å²) in [6.45, 7) is 2.76. The highest BCUT2D eigenvalue weighted by Gasteiger charge is 2.42. The molecule has 3 N–H and O–H groups in total. The standard InChI is InChI=1S/C27H22N8O/c1-27(14-28)15-35(16-27)26(36)23-10-18-2-3-19(11-22(18)33-23)25-29-9-8-24(34-25)32-21-6-4-17(5-7-21)20-12-30-31-13-20/h2-13,33H,15-16H2,1H3,(H,30,31)(H,29,32,34). The predicted molar refractivity (Wildman–Crippen MR) is 136 cm³/mol. The maximum absolute atomic E-state index is 12.8. The Balaban J connectivity index is 1.20. The van der Waals surface area contributed by atoms with Gasteiger partial charge in [-0.25, -0.2) is 9.97 Å². The monoisotopic (exact) mass is 474 g/mol. The molecule has 2 aromatic carbocycles. The van der Waals surface area contributed by atoms with Gasteiger partial charge in [-0.3, -0.25) is 9.89 Å². The lowest BCUT2D eigenvalue weighted by Crippen LogP contribution is -2.56. The maximum Gasteiger partial charge on any atom is 0.270 e. The van der Waals surface area contributed by atoms with Crippen LogP contribution in [0.25, 0.3) is 33.4 Å². The maximum atomic E-state index is 12.8. The molecule has 176 valence electrons. The van der Waals surface area contributed by atoms with E-state index in [1.807, 2.05) is 67.7 Å². The second-order valence-corrected chi connectivity index (χ2v) is 9.27. The fourth-order valence-electron chi connectivity index (χ4n) is 4.43. The fraction of sp³-hybridized carbons (Fsp3) is 0.148. The number of aromatic nitrogens is 5. The Bertz CT molecular complexity index is 1610. The second kappa shape index (κ2) is 8.36.